The normalized spacial score (nSPS) is 19.5. The van der Waals surface area contributed by atoms with Crippen LogP contribution in [0, 0.1) is 17.0 Å². The summed E-state index contributed by atoms with van der Waals surface area (Å²) in [6, 6.07) is 9.41. The monoisotopic (exact) mass is 662 g/mol. The van der Waals surface area contributed by atoms with Crippen molar-refractivity contribution in [3.05, 3.63) is 72.3 Å². The van der Waals surface area contributed by atoms with Crippen LogP contribution >= 0.6 is 0 Å². The Labute approximate surface area is 278 Å². The number of aryl methyl sites for hydroxylation is 1. The van der Waals surface area contributed by atoms with Gasteiger partial charge in [-0.1, -0.05) is 12.1 Å². The molecule has 5 heterocycles. The molecule has 0 amide bonds. The summed E-state index contributed by atoms with van der Waals surface area (Å²) in [6.45, 7) is 7.57. The summed E-state index contributed by atoms with van der Waals surface area (Å²) < 4.78 is 50.1. The SMILES string of the molecule is COc1cc(N2CC3(CCN(C(C)(C)CF)CC3)C2)c(-c2cnn(C)c2)cc1Nc1cc(N2OCC[C@@H]2c2cccc(F)c2F)ncn1. The molecule has 48 heavy (non-hydrogen) atoms. The number of rotatable bonds is 9. The van der Waals surface area contributed by atoms with Gasteiger partial charge in [0.25, 0.3) is 0 Å². The number of likely N-dealkylation sites (tertiary alicyclic amines) is 1. The predicted molar refractivity (Wildman–Crippen MR) is 178 cm³/mol. The smallest absolute Gasteiger partial charge is 0.164 e. The average Bonchev–Trinajstić information content (AvgIpc) is 3.74. The molecule has 0 bridgehead atoms. The number of halogens is 3. The molecule has 7 rings (SSSR count). The van der Waals surface area contributed by atoms with Gasteiger partial charge in [0.1, 0.15) is 24.6 Å². The molecule has 3 saturated heterocycles. The van der Waals surface area contributed by atoms with Crippen molar-refractivity contribution in [3.8, 4) is 16.9 Å². The third-order valence-corrected chi connectivity index (χ3v) is 10.1. The number of methoxy groups -OCH3 is 1. The molecule has 254 valence electrons. The fourth-order valence-corrected chi connectivity index (χ4v) is 7.24. The topological polar surface area (TPSA) is 83.8 Å². The average molecular weight is 663 g/mol. The van der Waals surface area contributed by atoms with Gasteiger partial charge in [-0.05, 0) is 51.9 Å². The van der Waals surface area contributed by atoms with Crippen molar-refractivity contribution in [3.63, 3.8) is 0 Å². The maximum Gasteiger partial charge on any atom is 0.164 e. The van der Waals surface area contributed by atoms with Crippen LogP contribution in [0.2, 0.25) is 0 Å². The molecule has 1 spiro atoms. The number of nitrogens with zero attached hydrogens (tertiary/aromatic N) is 7. The van der Waals surface area contributed by atoms with Crippen LogP contribution in [-0.4, -0.2) is 76.8 Å². The van der Waals surface area contributed by atoms with Crippen LogP contribution < -0.4 is 20.0 Å². The van der Waals surface area contributed by atoms with E-state index in [1.54, 1.807) is 23.9 Å². The lowest BCUT2D eigenvalue weighted by atomic mass is 9.71. The Morgan fingerprint density at radius 3 is 2.60 bits per heavy atom. The standard InChI is InChI=1S/C35H41F3N8O2/c1-34(2,19-36)45-11-9-35(10-12-45)20-44(21-35)29-15-30(47-4)27(14-25(29)23-17-41-43(3)18-23)42-31-16-32(40-22-39-31)46-28(8-13-48-46)24-6-5-7-26(37)33(24)38/h5-7,14-18,22,28H,8-13,19-21H2,1-4H3,(H,39,40,42)/t28-/m1/s1. The summed E-state index contributed by atoms with van der Waals surface area (Å²) in [5.74, 6) is -0.273. The van der Waals surface area contributed by atoms with E-state index in [0.717, 1.165) is 61.9 Å². The Balaban J connectivity index is 1.15. The van der Waals surface area contributed by atoms with Crippen LogP contribution in [0.4, 0.5) is 36.2 Å². The maximum atomic E-state index is 14.7. The van der Waals surface area contributed by atoms with Gasteiger partial charge in [0.15, 0.2) is 17.5 Å². The molecule has 3 aliphatic heterocycles. The number of hydroxylamine groups is 1. The molecular weight excluding hydrogens is 621 g/mol. The number of anilines is 4. The highest BCUT2D eigenvalue weighted by molar-refractivity contribution is 5.86. The van der Waals surface area contributed by atoms with E-state index >= 15 is 0 Å². The Kier molecular flexibility index (Phi) is 8.44. The largest absolute Gasteiger partial charge is 0.494 e. The van der Waals surface area contributed by atoms with E-state index < -0.39 is 23.2 Å². The van der Waals surface area contributed by atoms with Gasteiger partial charge in [-0.3, -0.25) is 14.4 Å². The van der Waals surface area contributed by atoms with Crippen LogP contribution in [0.3, 0.4) is 0 Å². The molecule has 0 aliphatic carbocycles. The van der Waals surface area contributed by atoms with Crippen LogP contribution in [0.25, 0.3) is 11.1 Å². The van der Waals surface area contributed by atoms with Gasteiger partial charge in [0.05, 0.1) is 31.6 Å². The summed E-state index contributed by atoms with van der Waals surface area (Å²) in [7, 11) is 3.53. The summed E-state index contributed by atoms with van der Waals surface area (Å²) in [6.07, 6.45) is 7.79. The van der Waals surface area contributed by atoms with Crippen LogP contribution in [-0.2, 0) is 11.9 Å². The number of piperidine rings is 1. The molecule has 1 N–H and O–H groups in total. The number of benzene rings is 2. The maximum absolute atomic E-state index is 14.7. The van der Waals surface area contributed by atoms with Crippen molar-refractivity contribution < 1.29 is 22.7 Å². The first-order valence-electron chi connectivity index (χ1n) is 16.3. The fraction of sp³-hybridized carbons (Fsp3) is 0.457. The second-order valence-corrected chi connectivity index (χ2v) is 13.8. The zero-order valence-electron chi connectivity index (χ0n) is 27.7. The lowest BCUT2D eigenvalue weighted by Gasteiger charge is -2.57. The minimum Gasteiger partial charge on any atom is -0.494 e. The number of aromatic nitrogens is 4. The molecule has 2 aromatic heterocycles. The summed E-state index contributed by atoms with van der Waals surface area (Å²) in [5, 5.41) is 9.33. The second-order valence-electron chi connectivity index (χ2n) is 13.8. The molecular formula is C35H41F3N8O2. The van der Waals surface area contributed by atoms with Gasteiger partial charge in [0.2, 0.25) is 0 Å². The molecule has 3 aliphatic rings. The number of nitrogens with one attached hydrogen (secondary N) is 1. The molecule has 0 radical (unpaired) electrons. The predicted octanol–water partition coefficient (Wildman–Crippen LogP) is 6.44. The number of hydrogen-bond acceptors (Lipinski definition) is 9. The van der Waals surface area contributed by atoms with E-state index in [0.29, 0.717) is 36.1 Å². The number of hydrogen-bond donors (Lipinski definition) is 1. The summed E-state index contributed by atoms with van der Waals surface area (Å²) >= 11 is 0. The van der Waals surface area contributed by atoms with Crippen molar-refractivity contribution in [1.82, 2.24) is 24.6 Å². The minimum absolute atomic E-state index is 0.209. The Bertz CT molecular complexity index is 1780. The fourth-order valence-electron chi connectivity index (χ4n) is 7.24. The molecule has 10 nitrogen and oxygen atoms in total. The van der Waals surface area contributed by atoms with E-state index in [1.165, 1.54) is 17.5 Å². The van der Waals surface area contributed by atoms with Gasteiger partial charge in [-0.2, -0.15) is 5.10 Å². The zero-order valence-corrected chi connectivity index (χ0v) is 27.7. The van der Waals surface area contributed by atoms with Crippen molar-refractivity contribution >= 4 is 23.0 Å². The third-order valence-electron chi connectivity index (χ3n) is 10.1. The molecule has 2 aromatic carbocycles. The first-order valence-corrected chi connectivity index (χ1v) is 16.3. The highest BCUT2D eigenvalue weighted by Gasteiger charge is 2.47. The second kappa shape index (κ2) is 12.6. The van der Waals surface area contributed by atoms with Gasteiger partial charge >= 0.3 is 0 Å². The number of ether oxygens (including phenoxy) is 1. The van der Waals surface area contributed by atoms with Crippen molar-refractivity contribution in [2.24, 2.45) is 12.5 Å². The summed E-state index contributed by atoms with van der Waals surface area (Å²) in [4.78, 5) is 19.3. The van der Waals surface area contributed by atoms with Crippen LogP contribution in [0.5, 0.6) is 5.75 Å². The molecule has 3 fully saturated rings. The van der Waals surface area contributed by atoms with Crippen molar-refractivity contribution in [2.75, 3.05) is 61.9 Å². The first-order chi connectivity index (χ1) is 23.1. The molecule has 4 aromatic rings. The van der Waals surface area contributed by atoms with Crippen molar-refractivity contribution in [2.45, 2.75) is 44.7 Å². The van der Waals surface area contributed by atoms with E-state index in [2.05, 4.69) is 30.2 Å². The van der Waals surface area contributed by atoms with Gasteiger partial charge in [0, 0.05) is 78.2 Å². The van der Waals surface area contributed by atoms with Crippen LogP contribution in [0.15, 0.2) is 55.1 Å². The molecule has 13 heteroatoms. The molecule has 1 atom stereocenters. The lowest BCUT2D eigenvalue weighted by Crippen LogP contribution is -2.62. The van der Waals surface area contributed by atoms with Gasteiger partial charge in [-0.15, -0.1) is 0 Å². The van der Waals surface area contributed by atoms with Crippen molar-refractivity contribution in [1.29, 1.82) is 0 Å². The van der Waals surface area contributed by atoms with Gasteiger partial charge < -0.3 is 15.0 Å². The zero-order chi connectivity index (χ0) is 33.6. The highest BCUT2D eigenvalue weighted by Crippen LogP contribution is 2.48. The quantitative estimate of drug-likeness (QED) is 0.218. The number of alkyl halides is 1. The van der Waals surface area contributed by atoms with Crippen LogP contribution in [0.1, 0.15) is 44.7 Å². The van der Waals surface area contributed by atoms with E-state index in [1.807, 2.05) is 45.4 Å². The lowest BCUT2D eigenvalue weighted by molar-refractivity contribution is 0.00935. The molecule has 0 saturated carbocycles. The molecule has 0 unspecified atom stereocenters. The summed E-state index contributed by atoms with van der Waals surface area (Å²) in [5.41, 5.74) is 3.69. The Morgan fingerprint density at radius 2 is 1.90 bits per heavy atom. The van der Waals surface area contributed by atoms with E-state index in [9.17, 15) is 13.2 Å². The highest BCUT2D eigenvalue weighted by atomic mass is 19.2. The van der Waals surface area contributed by atoms with E-state index in [4.69, 9.17) is 9.57 Å². The Morgan fingerprint density at radius 1 is 1.10 bits per heavy atom. The van der Waals surface area contributed by atoms with Gasteiger partial charge in [-0.25, -0.2) is 28.2 Å². The first kappa shape index (κ1) is 32.2. The third kappa shape index (κ3) is 5.94. The Hall–Kier alpha value is -4.36. The van der Waals surface area contributed by atoms with E-state index in [-0.39, 0.29) is 17.7 Å². The minimum atomic E-state index is -0.902.